The number of hydrogen-bond donors (Lipinski definition) is 1. The van der Waals surface area contributed by atoms with E-state index in [1.54, 1.807) is 0 Å². The predicted octanol–water partition coefficient (Wildman–Crippen LogP) is 4.84. The Bertz CT molecular complexity index is 883. The number of pyridine rings is 1. The quantitative estimate of drug-likeness (QED) is 0.768. The Kier molecular flexibility index (Phi) is 6.04. The fourth-order valence-electron chi connectivity index (χ4n) is 2.91. The highest BCUT2D eigenvalue weighted by molar-refractivity contribution is 6.40. The SMILES string of the molecule is COc1cnc(C(=O)Nc2c(Cl)cc(C#N)cc2Cl)cc1OC1CCCC1. The van der Waals surface area contributed by atoms with Crippen LogP contribution >= 0.6 is 23.2 Å². The van der Waals surface area contributed by atoms with Crippen LogP contribution in [0.2, 0.25) is 10.0 Å². The van der Waals surface area contributed by atoms with Crippen molar-refractivity contribution in [3.8, 4) is 17.6 Å². The van der Waals surface area contributed by atoms with Crippen LogP contribution in [0.15, 0.2) is 24.4 Å². The van der Waals surface area contributed by atoms with E-state index in [1.165, 1.54) is 31.5 Å². The van der Waals surface area contributed by atoms with Crippen LogP contribution in [0, 0.1) is 11.3 Å². The summed E-state index contributed by atoms with van der Waals surface area (Å²) in [4.78, 5) is 16.7. The predicted molar refractivity (Wildman–Crippen MR) is 103 cm³/mol. The second kappa shape index (κ2) is 8.47. The number of methoxy groups -OCH3 is 1. The number of benzene rings is 1. The highest BCUT2D eigenvalue weighted by atomic mass is 35.5. The molecule has 1 N–H and O–H groups in total. The molecule has 1 aromatic heterocycles. The number of carbonyl (C=O) groups is 1. The number of nitriles is 1. The summed E-state index contributed by atoms with van der Waals surface area (Å²) in [7, 11) is 1.52. The van der Waals surface area contributed by atoms with Gasteiger partial charge in [0.05, 0.1) is 46.8 Å². The van der Waals surface area contributed by atoms with Gasteiger partial charge in [0.1, 0.15) is 5.69 Å². The number of halogens is 2. The summed E-state index contributed by atoms with van der Waals surface area (Å²) in [5.41, 5.74) is 0.663. The number of amides is 1. The van der Waals surface area contributed by atoms with Gasteiger partial charge < -0.3 is 14.8 Å². The molecule has 1 fully saturated rings. The summed E-state index contributed by atoms with van der Waals surface area (Å²) in [5.74, 6) is 0.442. The van der Waals surface area contributed by atoms with Crippen molar-refractivity contribution < 1.29 is 14.3 Å². The summed E-state index contributed by atoms with van der Waals surface area (Å²) in [5, 5.41) is 11.9. The standard InChI is InChI=1S/C19H17Cl2N3O3/c1-26-17-10-23-15(8-16(17)27-12-4-2-3-5-12)19(25)24-18-13(20)6-11(9-22)7-14(18)21/h6-8,10,12H,2-5H2,1H3,(H,24,25). The smallest absolute Gasteiger partial charge is 0.274 e. The number of rotatable bonds is 5. The van der Waals surface area contributed by atoms with Gasteiger partial charge in [0.2, 0.25) is 0 Å². The zero-order valence-corrected chi connectivity index (χ0v) is 16.1. The summed E-state index contributed by atoms with van der Waals surface area (Å²) in [6, 6.07) is 6.35. The summed E-state index contributed by atoms with van der Waals surface area (Å²) < 4.78 is 11.3. The molecule has 0 radical (unpaired) electrons. The lowest BCUT2D eigenvalue weighted by atomic mass is 10.2. The third-order valence-electron chi connectivity index (χ3n) is 4.29. The summed E-state index contributed by atoms with van der Waals surface area (Å²) >= 11 is 12.2. The van der Waals surface area contributed by atoms with Crippen molar-refractivity contribution in [2.75, 3.05) is 12.4 Å². The molecule has 0 unspecified atom stereocenters. The number of nitrogens with one attached hydrogen (secondary N) is 1. The first kappa shape index (κ1) is 19.3. The van der Waals surface area contributed by atoms with Crippen molar-refractivity contribution in [2.45, 2.75) is 31.8 Å². The van der Waals surface area contributed by atoms with Gasteiger partial charge in [-0.1, -0.05) is 23.2 Å². The average Bonchev–Trinajstić information content (AvgIpc) is 3.17. The number of anilines is 1. The van der Waals surface area contributed by atoms with E-state index in [1.807, 2.05) is 6.07 Å². The van der Waals surface area contributed by atoms with E-state index in [0.29, 0.717) is 17.1 Å². The van der Waals surface area contributed by atoms with E-state index in [9.17, 15) is 4.79 Å². The highest BCUT2D eigenvalue weighted by Gasteiger charge is 2.21. The number of nitrogens with zero attached hydrogens (tertiary/aromatic N) is 2. The molecule has 140 valence electrons. The molecule has 6 nitrogen and oxygen atoms in total. The van der Waals surface area contributed by atoms with Crippen molar-refractivity contribution in [2.24, 2.45) is 0 Å². The summed E-state index contributed by atoms with van der Waals surface area (Å²) in [6.07, 6.45) is 5.76. The Morgan fingerprint density at radius 1 is 1.22 bits per heavy atom. The van der Waals surface area contributed by atoms with Gasteiger partial charge in [-0.05, 0) is 37.8 Å². The topological polar surface area (TPSA) is 84.2 Å². The van der Waals surface area contributed by atoms with Gasteiger partial charge in [0.15, 0.2) is 11.5 Å². The van der Waals surface area contributed by atoms with Gasteiger partial charge in [-0.25, -0.2) is 4.98 Å². The molecule has 0 atom stereocenters. The lowest BCUT2D eigenvalue weighted by Crippen LogP contribution is -2.16. The number of carbonyl (C=O) groups excluding carboxylic acids is 1. The third kappa shape index (κ3) is 4.44. The van der Waals surface area contributed by atoms with Gasteiger partial charge in [-0.3, -0.25) is 4.79 Å². The molecule has 27 heavy (non-hydrogen) atoms. The molecule has 0 aliphatic heterocycles. The Morgan fingerprint density at radius 2 is 1.89 bits per heavy atom. The van der Waals surface area contributed by atoms with E-state index < -0.39 is 5.91 Å². The lowest BCUT2D eigenvalue weighted by Gasteiger charge is -2.16. The van der Waals surface area contributed by atoms with Gasteiger partial charge in [-0.2, -0.15) is 5.26 Å². The molecule has 0 saturated heterocycles. The van der Waals surface area contributed by atoms with Gasteiger partial charge in [-0.15, -0.1) is 0 Å². The maximum atomic E-state index is 12.6. The second-order valence-corrected chi connectivity index (χ2v) is 6.94. The largest absolute Gasteiger partial charge is 0.491 e. The molecule has 0 spiro atoms. The van der Waals surface area contributed by atoms with E-state index in [0.717, 1.165) is 25.7 Å². The molecular weight excluding hydrogens is 389 g/mol. The molecule has 1 aromatic carbocycles. The number of ether oxygens (including phenoxy) is 2. The Morgan fingerprint density at radius 3 is 2.48 bits per heavy atom. The minimum atomic E-state index is -0.498. The molecule has 8 heteroatoms. The molecular formula is C19H17Cl2N3O3. The van der Waals surface area contributed by atoms with Crippen molar-refractivity contribution in [3.05, 3.63) is 45.7 Å². The molecule has 1 amide bonds. The zero-order valence-electron chi connectivity index (χ0n) is 14.6. The normalized spacial score (nSPS) is 13.9. The highest BCUT2D eigenvalue weighted by Crippen LogP contribution is 2.34. The average molecular weight is 406 g/mol. The Labute approximate surface area is 167 Å². The fourth-order valence-corrected chi connectivity index (χ4v) is 3.50. The lowest BCUT2D eigenvalue weighted by molar-refractivity contribution is 0.102. The van der Waals surface area contributed by atoms with Crippen molar-refractivity contribution in [1.82, 2.24) is 4.98 Å². The minimum Gasteiger partial charge on any atom is -0.491 e. The Hall–Kier alpha value is -2.49. The molecule has 1 heterocycles. The van der Waals surface area contributed by atoms with E-state index >= 15 is 0 Å². The van der Waals surface area contributed by atoms with Crippen LogP contribution in [-0.4, -0.2) is 24.1 Å². The molecule has 1 aliphatic rings. The van der Waals surface area contributed by atoms with Crippen LogP contribution < -0.4 is 14.8 Å². The maximum absolute atomic E-state index is 12.6. The monoisotopic (exact) mass is 405 g/mol. The number of hydrogen-bond acceptors (Lipinski definition) is 5. The summed E-state index contributed by atoms with van der Waals surface area (Å²) in [6.45, 7) is 0. The van der Waals surface area contributed by atoms with Crippen molar-refractivity contribution in [3.63, 3.8) is 0 Å². The van der Waals surface area contributed by atoms with Crippen LogP contribution in [0.25, 0.3) is 0 Å². The minimum absolute atomic E-state index is 0.111. The van der Waals surface area contributed by atoms with Gasteiger partial charge in [0, 0.05) is 6.07 Å². The first-order chi connectivity index (χ1) is 13.0. The molecule has 1 saturated carbocycles. The van der Waals surface area contributed by atoms with Crippen LogP contribution in [0.4, 0.5) is 5.69 Å². The fraction of sp³-hybridized carbons (Fsp3) is 0.316. The van der Waals surface area contributed by atoms with Crippen molar-refractivity contribution >= 4 is 34.8 Å². The van der Waals surface area contributed by atoms with Gasteiger partial charge >= 0.3 is 0 Å². The third-order valence-corrected chi connectivity index (χ3v) is 4.89. The van der Waals surface area contributed by atoms with E-state index in [4.69, 9.17) is 37.9 Å². The second-order valence-electron chi connectivity index (χ2n) is 6.13. The van der Waals surface area contributed by atoms with Crippen LogP contribution in [-0.2, 0) is 0 Å². The van der Waals surface area contributed by atoms with Gasteiger partial charge in [0.25, 0.3) is 5.91 Å². The Balaban J connectivity index is 1.83. The van der Waals surface area contributed by atoms with E-state index in [2.05, 4.69) is 10.3 Å². The molecule has 2 aromatic rings. The molecule has 3 rings (SSSR count). The van der Waals surface area contributed by atoms with Crippen LogP contribution in [0.5, 0.6) is 11.5 Å². The zero-order chi connectivity index (χ0) is 19.4. The molecule has 0 bridgehead atoms. The number of aromatic nitrogens is 1. The van der Waals surface area contributed by atoms with E-state index in [-0.39, 0.29) is 27.5 Å². The molecule has 1 aliphatic carbocycles. The maximum Gasteiger partial charge on any atom is 0.274 e. The van der Waals surface area contributed by atoms with Crippen molar-refractivity contribution in [1.29, 1.82) is 5.26 Å². The first-order valence-corrected chi connectivity index (χ1v) is 9.18. The van der Waals surface area contributed by atoms with Crippen LogP contribution in [0.1, 0.15) is 41.7 Å². The first-order valence-electron chi connectivity index (χ1n) is 8.43. The van der Waals surface area contributed by atoms with Crippen LogP contribution in [0.3, 0.4) is 0 Å².